The van der Waals surface area contributed by atoms with Crippen molar-refractivity contribution in [2.45, 2.75) is 6.54 Å². The Hall–Kier alpha value is -2.34. The second kappa shape index (κ2) is 6.62. The van der Waals surface area contributed by atoms with Crippen molar-refractivity contribution in [1.82, 2.24) is 10.2 Å². The first kappa shape index (κ1) is 14.6. The first-order valence-electron chi connectivity index (χ1n) is 6.71. The van der Waals surface area contributed by atoms with Crippen LogP contribution in [-0.2, 0) is 6.54 Å². The molecule has 0 aliphatic heterocycles. The minimum atomic E-state index is 0.471. The van der Waals surface area contributed by atoms with Gasteiger partial charge in [0.25, 0.3) is 0 Å². The number of aromatic nitrogens is 2. The number of hydrogen-bond donors (Lipinski definition) is 1. The SMILES string of the molecule is COc1cccc(-c2nnc(CNc3ccc(Br)cc3)o2)c1. The van der Waals surface area contributed by atoms with E-state index in [2.05, 4.69) is 31.4 Å². The van der Waals surface area contributed by atoms with Crippen LogP contribution in [0.15, 0.2) is 57.4 Å². The molecule has 2 aromatic carbocycles. The van der Waals surface area contributed by atoms with Crippen molar-refractivity contribution in [3.05, 3.63) is 58.9 Å². The third kappa shape index (κ3) is 3.46. The van der Waals surface area contributed by atoms with E-state index < -0.39 is 0 Å². The van der Waals surface area contributed by atoms with Crippen LogP contribution in [0.3, 0.4) is 0 Å². The molecular formula is C16H14BrN3O2. The highest BCUT2D eigenvalue weighted by atomic mass is 79.9. The zero-order chi connectivity index (χ0) is 15.4. The lowest BCUT2D eigenvalue weighted by molar-refractivity contribution is 0.414. The molecule has 0 saturated carbocycles. The topological polar surface area (TPSA) is 60.2 Å². The number of nitrogens with zero attached hydrogens (tertiary/aromatic N) is 2. The molecule has 3 rings (SSSR count). The van der Waals surface area contributed by atoms with Gasteiger partial charge in [-0.2, -0.15) is 0 Å². The maximum atomic E-state index is 5.67. The van der Waals surface area contributed by atoms with Crippen LogP contribution < -0.4 is 10.1 Å². The molecule has 0 unspecified atom stereocenters. The molecule has 1 heterocycles. The average molecular weight is 360 g/mol. The van der Waals surface area contributed by atoms with Gasteiger partial charge in [0.05, 0.1) is 13.7 Å². The summed E-state index contributed by atoms with van der Waals surface area (Å²) >= 11 is 3.40. The van der Waals surface area contributed by atoms with Crippen LogP contribution in [0, 0.1) is 0 Å². The molecule has 5 nitrogen and oxygen atoms in total. The molecule has 22 heavy (non-hydrogen) atoms. The zero-order valence-corrected chi connectivity index (χ0v) is 13.5. The lowest BCUT2D eigenvalue weighted by atomic mass is 10.2. The maximum absolute atomic E-state index is 5.67. The molecule has 0 fully saturated rings. The van der Waals surface area contributed by atoms with Gasteiger partial charge in [0.2, 0.25) is 11.8 Å². The van der Waals surface area contributed by atoms with Crippen LogP contribution in [0.4, 0.5) is 5.69 Å². The first-order valence-corrected chi connectivity index (χ1v) is 7.50. The largest absolute Gasteiger partial charge is 0.497 e. The fraction of sp³-hybridized carbons (Fsp3) is 0.125. The third-order valence-corrected chi connectivity index (χ3v) is 3.60. The lowest BCUT2D eigenvalue weighted by Gasteiger charge is -2.03. The van der Waals surface area contributed by atoms with Crippen molar-refractivity contribution in [3.63, 3.8) is 0 Å². The van der Waals surface area contributed by atoms with Crippen LogP contribution in [0.1, 0.15) is 5.89 Å². The Kier molecular flexibility index (Phi) is 4.39. The van der Waals surface area contributed by atoms with Gasteiger partial charge >= 0.3 is 0 Å². The predicted molar refractivity (Wildman–Crippen MR) is 87.8 cm³/mol. The smallest absolute Gasteiger partial charge is 0.247 e. The Labute approximate surface area is 136 Å². The van der Waals surface area contributed by atoms with E-state index in [-0.39, 0.29) is 0 Å². The zero-order valence-electron chi connectivity index (χ0n) is 11.9. The van der Waals surface area contributed by atoms with Gasteiger partial charge in [0, 0.05) is 15.7 Å². The molecule has 0 atom stereocenters. The number of rotatable bonds is 5. The molecule has 0 aliphatic carbocycles. The van der Waals surface area contributed by atoms with Crippen molar-refractivity contribution < 1.29 is 9.15 Å². The number of nitrogens with one attached hydrogen (secondary N) is 1. The number of benzene rings is 2. The number of halogens is 1. The molecule has 112 valence electrons. The maximum Gasteiger partial charge on any atom is 0.247 e. The highest BCUT2D eigenvalue weighted by molar-refractivity contribution is 9.10. The van der Waals surface area contributed by atoms with Crippen LogP contribution in [0.5, 0.6) is 5.75 Å². The van der Waals surface area contributed by atoms with E-state index in [0.717, 1.165) is 21.5 Å². The molecule has 6 heteroatoms. The van der Waals surface area contributed by atoms with Crippen molar-refractivity contribution in [1.29, 1.82) is 0 Å². The van der Waals surface area contributed by atoms with Crippen LogP contribution in [0.25, 0.3) is 11.5 Å². The molecule has 0 radical (unpaired) electrons. The van der Waals surface area contributed by atoms with Crippen molar-refractivity contribution in [2.24, 2.45) is 0 Å². The van der Waals surface area contributed by atoms with Crippen molar-refractivity contribution in [3.8, 4) is 17.2 Å². The van der Waals surface area contributed by atoms with Gasteiger partial charge in [-0.1, -0.05) is 22.0 Å². The van der Waals surface area contributed by atoms with Crippen LogP contribution in [-0.4, -0.2) is 17.3 Å². The summed E-state index contributed by atoms with van der Waals surface area (Å²) in [4.78, 5) is 0. The fourth-order valence-corrected chi connectivity index (χ4v) is 2.21. The highest BCUT2D eigenvalue weighted by Crippen LogP contribution is 2.23. The molecule has 3 aromatic rings. The fourth-order valence-electron chi connectivity index (χ4n) is 1.94. The molecule has 1 N–H and O–H groups in total. The van der Waals surface area contributed by atoms with E-state index in [9.17, 15) is 0 Å². The Bertz CT molecular complexity index is 756. The minimum absolute atomic E-state index is 0.471. The molecule has 0 aliphatic rings. The van der Waals surface area contributed by atoms with Gasteiger partial charge in [-0.3, -0.25) is 0 Å². The van der Waals surface area contributed by atoms with Crippen molar-refractivity contribution >= 4 is 21.6 Å². The van der Waals surface area contributed by atoms with E-state index in [1.54, 1.807) is 7.11 Å². The van der Waals surface area contributed by atoms with Gasteiger partial charge in [-0.25, -0.2) is 0 Å². The van der Waals surface area contributed by atoms with Gasteiger partial charge in [-0.05, 0) is 42.5 Å². The van der Waals surface area contributed by atoms with E-state index in [1.807, 2.05) is 48.5 Å². The normalized spacial score (nSPS) is 10.5. The second-order valence-electron chi connectivity index (χ2n) is 4.59. The van der Waals surface area contributed by atoms with Gasteiger partial charge < -0.3 is 14.5 Å². The van der Waals surface area contributed by atoms with Crippen LogP contribution >= 0.6 is 15.9 Å². The summed E-state index contributed by atoms with van der Waals surface area (Å²) < 4.78 is 11.9. The number of ether oxygens (including phenoxy) is 1. The summed E-state index contributed by atoms with van der Waals surface area (Å²) in [6, 6.07) is 15.4. The summed E-state index contributed by atoms with van der Waals surface area (Å²) in [5, 5.41) is 11.4. The lowest BCUT2D eigenvalue weighted by Crippen LogP contribution is -1.99. The minimum Gasteiger partial charge on any atom is -0.497 e. The van der Waals surface area contributed by atoms with Gasteiger partial charge in [0.15, 0.2) is 0 Å². The Morgan fingerprint density at radius 2 is 1.95 bits per heavy atom. The van der Waals surface area contributed by atoms with Gasteiger partial charge in [-0.15, -0.1) is 10.2 Å². The molecule has 1 aromatic heterocycles. The number of anilines is 1. The standard InChI is InChI=1S/C16H14BrN3O2/c1-21-14-4-2-3-11(9-14)16-20-19-15(22-16)10-18-13-7-5-12(17)6-8-13/h2-9,18H,10H2,1H3. The predicted octanol–water partition coefficient (Wildman–Crippen LogP) is 4.12. The second-order valence-corrected chi connectivity index (χ2v) is 5.51. The monoisotopic (exact) mass is 359 g/mol. The van der Waals surface area contributed by atoms with Crippen LogP contribution in [0.2, 0.25) is 0 Å². The van der Waals surface area contributed by atoms with E-state index >= 15 is 0 Å². The number of hydrogen-bond acceptors (Lipinski definition) is 5. The summed E-state index contributed by atoms with van der Waals surface area (Å²) in [6.45, 7) is 0.471. The summed E-state index contributed by atoms with van der Waals surface area (Å²) in [5.74, 6) is 1.76. The van der Waals surface area contributed by atoms with E-state index in [0.29, 0.717) is 18.3 Å². The Morgan fingerprint density at radius 3 is 2.73 bits per heavy atom. The quantitative estimate of drug-likeness (QED) is 0.742. The summed E-state index contributed by atoms with van der Waals surface area (Å²) in [6.07, 6.45) is 0. The Morgan fingerprint density at radius 1 is 1.14 bits per heavy atom. The molecular weight excluding hydrogens is 346 g/mol. The average Bonchev–Trinajstić information content (AvgIpc) is 3.03. The van der Waals surface area contributed by atoms with Gasteiger partial charge in [0.1, 0.15) is 5.75 Å². The van der Waals surface area contributed by atoms with Crippen molar-refractivity contribution in [2.75, 3.05) is 12.4 Å². The molecule has 0 bridgehead atoms. The van der Waals surface area contributed by atoms with E-state index in [1.165, 1.54) is 0 Å². The summed E-state index contributed by atoms with van der Waals surface area (Å²) in [5.41, 5.74) is 1.83. The number of methoxy groups -OCH3 is 1. The van der Waals surface area contributed by atoms with E-state index in [4.69, 9.17) is 9.15 Å². The molecule has 0 saturated heterocycles. The third-order valence-electron chi connectivity index (χ3n) is 3.07. The Balaban J connectivity index is 1.69. The summed E-state index contributed by atoms with van der Waals surface area (Å²) in [7, 11) is 1.63. The molecule has 0 spiro atoms. The first-order chi connectivity index (χ1) is 10.7. The highest BCUT2D eigenvalue weighted by Gasteiger charge is 2.09. The molecule has 0 amide bonds.